The molecule has 0 aromatic heterocycles. The van der Waals surface area contributed by atoms with Crippen LogP contribution in [0.4, 0.5) is 0 Å². The first kappa shape index (κ1) is 7.77. The maximum atomic E-state index is 5.44. The summed E-state index contributed by atoms with van der Waals surface area (Å²) in [5, 5.41) is 0. The first-order valence-corrected chi connectivity index (χ1v) is 4.23. The lowest BCUT2D eigenvalue weighted by molar-refractivity contribution is -0.134. The molecule has 0 fully saturated rings. The first-order valence-electron chi connectivity index (χ1n) is 4.23. The highest BCUT2D eigenvalue weighted by atomic mass is 16.7. The van der Waals surface area contributed by atoms with Gasteiger partial charge in [-0.15, -0.1) is 0 Å². The monoisotopic (exact) mass is 164 g/mol. The van der Waals surface area contributed by atoms with Gasteiger partial charge in [0.15, 0.2) is 6.29 Å². The summed E-state index contributed by atoms with van der Waals surface area (Å²) in [6.45, 7) is 3.35. The number of ether oxygens (including phenoxy) is 2. The minimum absolute atomic E-state index is 0.133. The molecule has 1 aromatic rings. The zero-order chi connectivity index (χ0) is 8.39. The zero-order valence-corrected chi connectivity index (χ0v) is 7.12. The molecular weight excluding hydrogens is 152 g/mol. The van der Waals surface area contributed by atoms with Gasteiger partial charge in [0, 0.05) is 12.2 Å². The smallest absolute Gasteiger partial charge is 0.184 e. The van der Waals surface area contributed by atoms with Gasteiger partial charge in [0.2, 0.25) is 0 Å². The van der Waals surface area contributed by atoms with Crippen LogP contribution in [0.25, 0.3) is 0 Å². The molecule has 1 unspecified atom stereocenters. The Morgan fingerprint density at radius 2 is 2.33 bits per heavy atom. The van der Waals surface area contributed by atoms with Crippen molar-refractivity contribution in [1.29, 1.82) is 0 Å². The lowest BCUT2D eigenvalue weighted by Gasteiger charge is -2.09. The summed E-state index contributed by atoms with van der Waals surface area (Å²) < 4.78 is 10.8. The van der Waals surface area contributed by atoms with Crippen LogP contribution in [0.3, 0.4) is 0 Å². The van der Waals surface area contributed by atoms with Crippen molar-refractivity contribution in [3.05, 3.63) is 35.4 Å². The Balaban J connectivity index is 2.24. The van der Waals surface area contributed by atoms with Crippen molar-refractivity contribution in [2.45, 2.75) is 19.8 Å². The largest absolute Gasteiger partial charge is 0.349 e. The molecule has 1 aliphatic rings. The molecule has 0 bridgehead atoms. The molecule has 64 valence electrons. The molecule has 0 spiro atoms. The highest BCUT2D eigenvalue weighted by Crippen LogP contribution is 2.30. The van der Waals surface area contributed by atoms with Crippen LogP contribution in [0.1, 0.15) is 24.3 Å². The summed E-state index contributed by atoms with van der Waals surface area (Å²) in [7, 11) is 0. The van der Waals surface area contributed by atoms with Crippen molar-refractivity contribution in [2.24, 2.45) is 0 Å². The molecule has 12 heavy (non-hydrogen) atoms. The minimum Gasteiger partial charge on any atom is -0.349 e. The zero-order valence-electron chi connectivity index (χ0n) is 7.12. The molecule has 0 saturated carbocycles. The van der Waals surface area contributed by atoms with E-state index in [4.69, 9.17) is 9.47 Å². The average Bonchev–Trinajstić information content (AvgIpc) is 2.50. The molecule has 0 N–H and O–H groups in total. The second-order valence-corrected chi connectivity index (χ2v) is 2.80. The number of hydrogen-bond acceptors (Lipinski definition) is 2. The van der Waals surface area contributed by atoms with Crippen molar-refractivity contribution in [3.63, 3.8) is 0 Å². The van der Waals surface area contributed by atoms with Crippen LogP contribution in [0.15, 0.2) is 24.3 Å². The van der Waals surface area contributed by atoms with Crippen LogP contribution < -0.4 is 0 Å². The van der Waals surface area contributed by atoms with E-state index in [1.54, 1.807) is 0 Å². The van der Waals surface area contributed by atoms with Crippen LogP contribution in [-0.2, 0) is 16.1 Å². The first-order chi connectivity index (χ1) is 5.92. The molecule has 1 aliphatic heterocycles. The van der Waals surface area contributed by atoms with E-state index in [9.17, 15) is 0 Å². The van der Waals surface area contributed by atoms with E-state index in [0.717, 1.165) is 0 Å². The molecule has 1 heterocycles. The van der Waals surface area contributed by atoms with E-state index < -0.39 is 0 Å². The van der Waals surface area contributed by atoms with Crippen molar-refractivity contribution in [1.82, 2.24) is 0 Å². The highest BCUT2D eigenvalue weighted by Gasteiger charge is 2.22. The van der Waals surface area contributed by atoms with Crippen molar-refractivity contribution >= 4 is 0 Å². The Morgan fingerprint density at radius 1 is 1.50 bits per heavy atom. The van der Waals surface area contributed by atoms with Crippen molar-refractivity contribution in [2.75, 3.05) is 6.61 Å². The molecule has 2 rings (SSSR count). The number of rotatable bonds is 2. The van der Waals surface area contributed by atoms with Crippen LogP contribution in [0.2, 0.25) is 0 Å². The summed E-state index contributed by atoms with van der Waals surface area (Å²) in [6.07, 6.45) is -0.133. The van der Waals surface area contributed by atoms with Gasteiger partial charge in [-0.25, -0.2) is 0 Å². The van der Waals surface area contributed by atoms with Gasteiger partial charge in [0.25, 0.3) is 0 Å². The highest BCUT2D eigenvalue weighted by molar-refractivity contribution is 5.29. The van der Waals surface area contributed by atoms with Gasteiger partial charge in [-0.05, 0) is 12.5 Å². The van der Waals surface area contributed by atoms with E-state index >= 15 is 0 Å². The van der Waals surface area contributed by atoms with Gasteiger partial charge in [-0.3, -0.25) is 0 Å². The van der Waals surface area contributed by atoms with Crippen molar-refractivity contribution < 1.29 is 9.47 Å². The molecule has 2 heteroatoms. The second-order valence-electron chi connectivity index (χ2n) is 2.80. The van der Waals surface area contributed by atoms with Crippen LogP contribution in [0, 0.1) is 0 Å². The third kappa shape index (κ3) is 1.24. The van der Waals surface area contributed by atoms with Gasteiger partial charge < -0.3 is 9.47 Å². The van der Waals surface area contributed by atoms with Crippen LogP contribution in [0.5, 0.6) is 0 Å². The van der Waals surface area contributed by atoms with Gasteiger partial charge >= 0.3 is 0 Å². The maximum absolute atomic E-state index is 5.44. The lowest BCUT2D eigenvalue weighted by Crippen LogP contribution is -2.01. The molecule has 1 aromatic carbocycles. The molecule has 0 saturated heterocycles. The lowest BCUT2D eigenvalue weighted by atomic mass is 10.1. The third-order valence-electron chi connectivity index (χ3n) is 2.02. The second kappa shape index (κ2) is 3.25. The van der Waals surface area contributed by atoms with E-state index in [1.807, 2.05) is 19.1 Å². The Bertz CT molecular complexity index is 268. The quantitative estimate of drug-likeness (QED) is 0.667. The Hall–Kier alpha value is -0.860. The molecule has 0 amide bonds. The van der Waals surface area contributed by atoms with Gasteiger partial charge in [-0.1, -0.05) is 24.3 Å². The Morgan fingerprint density at radius 3 is 3.17 bits per heavy atom. The molecular formula is C10H12O2. The third-order valence-corrected chi connectivity index (χ3v) is 2.02. The Kier molecular flexibility index (Phi) is 2.11. The fourth-order valence-corrected chi connectivity index (χ4v) is 1.44. The van der Waals surface area contributed by atoms with E-state index in [1.165, 1.54) is 11.1 Å². The molecule has 0 aliphatic carbocycles. The van der Waals surface area contributed by atoms with Gasteiger partial charge in [0.1, 0.15) is 0 Å². The van der Waals surface area contributed by atoms with E-state index in [2.05, 4.69) is 12.1 Å². The predicted molar refractivity (Wildman–Crippen MR) is 45.6 cm³/mol. The van der Waals surface area contributed by atoms with E-state index in [0.29, 0.717) is 13.2 Å². The fraction of sp³-hybridized carbons (Fsp3) is 0.400. The Labute approximate surface area is 72.1 Å². The fourth-order valence-electron chi connectivity index (χ4n) is 1.44. The molecule has 0 radical (unpaired) electrons. The topological polar surface area (TPSA) is 18.5 Å². The van der Waals surface area contributed by atoms with E-state index in [-0.39, 0.29) is 6.29 Å². The molecule has 2 nitrogen and oxygen atoms in total. The maximum Gasteiger partial charge on any atom is 0.184 e. The normalized spacial score (nSPS) is 20.9. The van der Waals surface area contributed by atoms with Gasteiger partial charge in [0.05, 0.1) is 6.61 Å². The standard InChI is InChI=1S/C10H12O2/c1-2-11-10-9-6-4-3-5-8(9)7-12-10/h3-6,10H,2,7H2,1H3. The van der Waals surface area contributed by atoms with Gasteiger partial charge in [-0.2, -0.15) is 0 Å². The SMILES string of the molecule is CCOC1OCc2ccccc21. The summed E-state index contributed by atoms with van der Waals surface area (Å²) in [5.74, 6) is 0. The molecule has 1 atom stereocenters. The van der Waals surface area contributed by atoms with Crippen LogP contribution >= 0.6 is 0 Å². The number of hydrogen-bond donors (Lipinski definition) is 0. The summed E-state index contributed by atoms with van der Waals surface area (Å²) >= 11 is 0. The average molecular weight is 164 g/mol. The number of benzene rings is 1. The summed E-state index contributed by atoms with van der Waals surface area (Å²) in [4.78, 5) is 0. The van der Waals surface area contributed by atoms with Crippen LogP contribution in [-0.4, -0.2) is 6.61 Å². The predicted octanol–water partition coefficient (Wildman–Crippen LogP) is 2.25. The summed E-state index contributed by atoms with van der Waals surface area (Å²) in [5.41, 5.74) is 2.43. The minimum atomic E-state index is -0.133. The van der Waals surface area contributed by atoms with Crippen molar-refractivity contribution in [3.8, 4) is 0 Å². The number of fused-ring (bicyclic) bond motifs is 1. The summed E-state index contributed by atoms with van der Waals surface area (Å²) in [6, 6.07) is 8.17.